The molecule has 1 heterocycles. The summed E-state index contributed by atoms with van der Waals surface area (Å²) in [5.41, 5.74) is 7.21. The van der Waals surface area contributed by atoms with Crippen LogP contribution in [0.3, 0.4) is 0 Å². The highest BCUT2D eigenvalue weighted by Crippen LogP contribution is 2.26. The predicted octanol–water partition coefficient (Wildman–Crippen LogP) is 4.51. The van der Waals surface area contributed by atoms with Gasteiger partial charge in [-0.1, -0.05) is 29.8 Å². The second-order valence-corrected chi connectivity index (χ2v) is 7.98. The van der Waals surface area contributed by atoms with Gasteiger partial charge < -0.3 is 5.73 Å². The van der Waals surface area contributed by atoms with Crippen molar-refractivity contribution in [3.05, 3.63) is 75.0 Å². The van der Waals surface area contributed by atoms with E-state index in [1.54, 1.807) is 25.1 Å². The summed E-state index contributed by atoms with van der Waals surface area (Å²) in [6.07, 6.45) is 1.40. The Balaban J connectivity index is 0.000000197. The summed E-state index contributed by atoms with van der Waals surface area (Å²) < 4.78 is 30.7. The number of carbonyl (C=O) groups is 1. The van der Waals surface area contributed by atoms with Crippen molar-refractivity contribution < 1.29 is 17.8 Å². The molecule has 26 heavy (non-hydrogen) atoms. The summed E-state index contributed by atoms with van der Waals surface area (Å²) in [4.78, 5) is 10.7. The zero-order valence-corrected chi connectivity index (χ0v) is 16.1. The lowest BCUT2D eigenvalue weighted by molar-refractivity contribution is 0.0999. The Labute approximate surface area is 160 Å². The van der Waals surface area contributed by atoms with Crippen molar-refractivity contribution in [2.75, 3.05) is 0 Å². The average Bonchev–Trinajstić information content (AvgIpc) is 2.96. The normalized spacial score (nSPS) is 11.3. The molecule has 3 rings (SSSR count). The standard InChI is InChI=1S/C10H8O3S2.C8H8ClNO/c11-15(12,13)6-5-8-7-14-10-4-2-1-3-9(8)10;1-5-4-6(9)2-3-7(5)8(10)11/h1-7H,(H,11,12,13);2-4H,1H3,(H2,10,11)/b6-5+;. The maximum atomic E-state index is 10.7. The molecule has 0 saturated carbocycles. The number of aryl methyl sites for hydroxylation is 1. The fourth-order valence-electron chi connectivity index (χ4n) is 2.19. The zero-order valence-electron chi connectivity index (χ0n) is 13.7. The Hall–Kier alpha value is -2.19. The van der Waals surface area contributed by atoms with Gasteiger partial charge in [0.2, 0.25) is 5.91 Å². The summed E-state index contributed by atoms with van der Waals surface area (Å²) in [5.74, 6) is -0.417. The number of rotatable bonds is 3. The minimum atomic E-state index is -4.04. The number of hydrogen-bond donors (Lipinski definition) is 2. The summed E-state index contributed by atoms with van der Waals surface area (Å²) in [6.45, 7) is 1.80. The lowest BCUT2D eigenvalue weighted by atomic mass is 10.1. The molecule has 0 spiro atoms. The molecule has 0 radical (unpaired) electrons. The Kier molecular flexibility index (Phi) is 6.55. The van der Waals surface area contributed by atoms with E-state index in [2.05, 4.69) is 0 Å². The van der Waals surface area contributed by atoms with Crippen LogP contribution in [-0.2, 0) is 10.1 Å². The van der Waals surface area contributed by atoms with Crippen molar-refractivity contribution in [1.29, 1.82) is 0 Å². The van der Waals surface area contributed by atoms with Gasteiger partial charge in [-0.05, 0) is 59.2 Å². The van der Waals surface area contributed by atoms with Gasteiger partial charge in [0.25, 0.3) is 10.1 Å². The smallest absolute Gasteiger partial charge is 0.287 e. The molecule has 0 atom stereocenters. The van der Waals surface area contributed by atoms with Gasteiger partial charge >= 0.3 is 0 Å². The summed E-state index contributed by atoms with van der Waals surface area (Å²) in [7, 11) is -4.04. The molecule has 0 fully saturated rings. The lowest BCUT2D eigenvalue weighted by Gasteiger charge is -1.99. The van der Waals surface area contributed by atoms with Gasteiger partial charge in [-0.2, -0.15) is 8.42 Å². The molecule has 0 unspecified atom stereocenters. The van der Waals surface area contributed by atoms with Crippen molar-refractivity contribution in [3.8, 4) is 0 Å². The van der Waals surface area contributed by atoms with Gasteiger partial charge in [-0.15, -0.1) is 11.3 Å². The molecular weight excluding hydrogens is 394 g/mol. The minimum Gasteiger partial charge on any atom is -0.366 e. The van der Waals surface area contributed by atoms with Crippen LogP contribution in [0.2, 0.25) is 5.02 Å². The minimum absolute atomic E-state index is 0.417. The summed E-state index contributed by atoms with van der Waals surface area (Å²) in [5, 5.41) is 4.25. The average molecular weight is 410 g/mol. The van der Waals surface area contributed by atoms with Crippen molar-refractivity contribution in [2.45, 2.75) is 6.92 Å². The largest absolute Gasteiger partial charge is 0.366 e. The van der Waals surface area contributed by atoms with Crippen molar-refractivity contribution >= 4 is 55.1 Å². The molecule has 0 saturated heterocycles. The van der Waals surface area contributed by atoms with Gasteiger partial charge in [-0.3, -0.25) is 9.35 Å². The molecule has 2 aromatic carbocycles. The van der Waals surface area contributed by atoms with E-state index in [4.69, 9.17) is 21.9 Å². The maximum absolute atomic E-state index is 10.7. The summed E-state index contributed by atoms with van der Waals surface area (Å²) in [6, 6.07) is 12.7. The first-order chi connectivity index (χ1) is 12.2. The monoisotopic (exact) mass is 409 g/mol. The Bertz CT molecular complexity index is 1070. The van der Waals surface area contributed by atoms with Crippen LogP contribution in [0.5, 0.6) is 0 Å². The number of hydrogen-bond acceptors (Lipinski definition) is 4. The lowest BCUT2D eigenvalue weighted by Crippen LogP contribution is -2.12. The number of amides is 1. The van der Waals surface area contributed by atoms with Gasteiger partial charge in [-0.25, -0.2) is 0 Å². The fraction of sp³-hybridized carbons (Fsp3) is 0.0556. The van der Waals surface area contributed by atoms with E-state index in [9.17, 15) is 13.2 Å². The third-order valence-corrected chi connectivity index (χ3v) is 5.08. The SMILES string of the molecule is Cc1cc(Cl)ccc1C(N)=O.O=S(=O)(O)/C=C/c1csc2ccccc12. The van der Waals surface area contributed by atoms with E-state index in [-0.39, 0.29) is 0 Å². The molecule has 1 aromatic heterocycles. The van der Waals surface area contributed by atoms with E-state index >= 15 is 0 Å². The Morgan fingerprint density at radius 2 is 1.92 bits per heavy atom. The first-order valence-corrected chi connectivity index (χ1v) is 10.1. The third-order valence-electron chi connectivity index (χ3n) is 3.38. The molecule has 8 heteroatoms. The molecule has 0 aliphatic heterocycles. The maximum Gasteiger partial charge on any atom is 0.287 e. The van der Waals surface area contributed by atoms with E-state index in [1.807, 2.05) is 29.6 Å². The number of primary amides is 1. The number of fused-ring (bicyclic) bond motifs is 1. The van der Waals surface area contributed by atoms with E-state index < -0.39 is 16.0 Å². The van der Waals surface area contributed by atoms with Crippen molar-refractivity contribution in [3.63, 3.8) is 0 Å². The van der Waals surface area contributed by atoms with Crippen LogP contribution >= 0.6 is 22.9 Å². The molecule has 3 aromatic rings. The molecule has 0 bridgehead atoms. The van der Waals surface area contributed by atoms with Gasteiger partial charge in [0, 0.05) is 15.3 Å². The van der Waals surface area contributed by atoms with E-state index in [1.165, 1.54) is 17.4 Å². The van der Waals surface area contributed by atoms with Crippen LogP contribution < -0.4 is 5.73 Å². The molecule has 0 aliphatic rings. The van der Waals surface area contributed by atoms with Crippen molar-refractivity contribution in [2.24, 2.45) is 5.73 Å². The Morgan fingerprint density at radius 1 is 1.23 bits per heavy atom. The number of halogens is 1. The number of nitrogens with two attached hydrogens (primary N) is 1. The fourth-order valence-corrected chi connectivity index (χ4v) is 3.66. The number of carbonyl (C=O) groups excluding carboxylic acids is 1. The van der Waals surface area contributed by atoms with Crippen LogP contribution in [0.15, 0.2) is 53.3 Å². The topological polar surface area (TPSA) is 97.5 Å². The van der Waals surface area contributed by atoms with Gasteiger partial charge in [0.15, 0.2) is 0 Å². The molecule has 0 aliphatic carbocycles. The highest BCUT2D eigenvalue weighted by atomic mass is 35.5. The molecular formula is C18H16ClNO4S2. The van der Waals surface area contributed by atoms with Gasteiger partial charge in [0.1, 0.15) is 0 Å². The highest BCUT2D eigenvalue weighted by molar-refractivity contribution is 7.88. The van der Waals surface area contributed by atoms with E-state index in [0.29, 0.717) is 10.6 Å². The predicted molar refractivity (Wildman–Crippen MR) is 107 cm³/mol. The number of thiophene rings is 1. The van der Waals surface area contributed by atoms with Crippen LogP contribution in [0.25, 0.3) is 16.2 Å². The second-order valence-electron chi connectivity index (χ2n) is 5.33. The van der Waals surface area contributed by atoms with Crippen LogP contribution in [0, 0.1) is 6.92 Å². The first-order valence-electron chi connectivity index (χ1n) is 7.35. The molecule has 136 valence electrons. The first kappa shape index (κ1) is 20.1. The Morgan fingerprint density at radius 3 is 2.54 bits per heavy atom. The zero-order chi connectivity index (χ0) is 19.3. The van der Waals surface area contributed by atoms with E-state index in [0.717, 1.165) is 26.6 Å². The van der Waals surface area contributed by atoms with Crippen molar-refractivity contribution in [1.82, 2.24) is 0 Å². The molecule has 5 nitrogen and oxygen atoms in total. The van der Waals surface area contributed by atoms with Gasteiger partial charge in [0.05, 0.1) is 5.41 Å². The highest BCUT2D eigenvalue weighted by Gasteiger charge is 2.03. The third kappa shape index (κ3) is 5.67. The molecule has 3 N–H and O–H groups in total. The quantitative estimate of drug-likeness (QED) is 0.622. The van der Waals surface area contributed by atoms with Crippen LogP contribution in [0.1, 0.15) is 21.5 Å². The van der Waals surface area contributed by atoms with Crippen LogP contribution in [-0.4, -0.2) is 18.9 Å². The molecule has 1 amide bonds. The summed E-state index contributed by atoms with van der Waals surface area (Å²) >= 11 is 7.21. The number of benzene rings is 2. The van der Waals surface area contributed by atoms with Crippen LogP contribution in [0.4, 0.5) is 0 Å². The second kappa shape index (κ2) is 8.46.